The number of nitrogens with one attached hydrogen (secondary N) is 1. The summed E-state index contributed by atoms with van der Waals surface area (Å²) >= 11 is 0. The molecule has 3 heterocycles. The van der Waals surface area contributed by atoms with Gasteiger partial charge in [0.05, 0.1) is 27.4 Å². The number of fused-ring (bicyclic) bond motifs is 1. The Hall–Kier alpha value is 0.140. The van der Waals surface area contributed by atoms with Crippen LogP contribution in [0.4, 0.5) is 0 Å². The van der Waals surface area contributed by atoms with Crippen LogP contribution in [0.5, 0.6) is 6.01 Å². The molecule has 1 fully saturated rings. The molecule has 3 rings (SSSR count). The van der Waals surface area contributed by atoms with Gasteiger partial charge in [-0.2, -0.15) is 4.98 Å². The number of nitrogens with zero attached hydrogens (tertiary/aromatic N) is 3. The van der Waals surface area contributed by atoms with Crippen LogP contribution < -0.4 is 79.2 Å². The van der Waals surface area contributed by atoms with Gasteiger partial charge in [0.15, 0.2) is 17.4 Å². The zero-order valence-corrected chi connectivity index (χ0v) is 20.9. The van der Waals surface area contributed by atoms with E-state index in [9.17, 15) is 29.4 Å². The molecule has 3 N–H and O–H groups in total. The van der Waals surface area contributed by atoms with E-state index in [1.54, 1.807) is 0 Å². The Bertz CT molecular complexity index is 919. The van der Waals surface area contributed by atoms with E-state index >= 15 is 0 Å². The fourth-order valence-electron chi connectivity index (χ4n) is 2.62. The van der Waals surface area contributed by atoms with Crippen LogP contribution in [0.1, 0.15) is 19.6 Å². The molecule has 13 nitrogen and oxygen atoms in total. The Kier molecular flexibility index (Phi) is 10.4. The van der Waals surface area contributed by atoms with Crippen LogP contribution in [-0.2, 0) is 13.8 Å². The molecule has 1 aliphatic heterocycles. The van der Waals surface area contributed by atoms with Crippen molar-refractivity contribution >= 4 is 19.0 Å². The van der Waals surface area contributed by atoms with E-state index < -0.39 is 44.5 Å². The first-order valence-electron chi connectivity index (χ1n) is 7.99. The van der Waals surface area contributed by atoms with Crippen molar-refractivity contribution in [2.45, 2.75) is 37.9 Å². The number of aromatic nitrogens is 4. The van der Waals surface area contributed by atoms with Crippen molar-refractivity contribution in [1.82, 2.24) is 19.5 Å². The molecule has 0 unspecified atom stereocenters. The molecule has 0 aliphatic carbocycles. The SMILES string of the molecule is CCCOc1nc2c(ncn2[C@@H]2O[C@H](COP(=O)([O-])[O-])[C@@H](O)[C@H]2O)c(=O)[nH]1.[Na+].[Na+]. The number of aromatic amines is 1. The van der Waals surface area contributed by atoms with Gasteiger partial charge in [-0.1, -0.05) is 6.92 Å². The van der Waals surface area contributed by atoms with Gasteiger partial charge in [-0.25, -0.2) is 4.98 Å². The third-order valence-corrected chi connectivity index (χ3v) is 4.33. The molecule has 2 aromatic rings. The molecule has 2 aromatic heterocycles. The largest absolute Gasteiger partial charge is 1.00 e. The molecule has 16 heteroatoms. The van der Waals surface area contributed by atoms with Gasteiger partial charge in [-0.05, 0) is 6.42 Å². The van der Waals surface area contributed by atoms with Crippen LogP contribution in [0.25, 0.3) is 11.2 Å². The average Bonchev–Trinajstić information content (AvgIpc) is 3.13. The third kappa shape index (κ3) is 6.32. The molecular formula is C13H17N4Na2O9P. The topological polar surface area (TPSA) is 195 Å². The van der Waals surface area contributed by atoms with Crippen LogP contribution in [0, 0.1) is 0 Å². The predicted molar refractivity (Wildman–Crippen MR) is 83.4 cm³/mol. The summed E-state index contributed by atoms with van der Waals surface area (Å²) in [7, 11) is -5.27. The minimum absolute atomic E-state index is 0. The number of phosphoric ester groups is 1. The van der Waals surface area contributed by atoms with E-state index in [0.717, 1.165) is 0 Å². The van der Waals surface area contributed by atoms with Gasteiger partial charge < -0.3 is 38.6 Å². The summed E-state index contributed by atoms with van der Waals surface area (Å²) in [6.45, 7) is 1.41. The van der Waals surface area contributed by atoms with Gasteiger partial charge in [0, 0.05) is 0 Å². The molecule has 1 aliphatic rings. The van der Waals surface area contributed by atoms with E-state index in [1.165, 1.54) is 10.9 Å². The summed E-state index contributed by atoms with van der Waals surface area (Å²) in [6, 6.07) is -0.0531. The molecule has 0 bridgehead atoms. The second-order valence-corrected chi connectivity index (χ2v) is 6.99. The first kappa shape index (κ1) is 27.2. The van der Waals surface area contributed by atoms with Gasteiger partial charge in [-0.3, -0.25) is 14.3 Å². The van der Waals surface area contributed by atoms with Gasteiger partial charge in [0.1, 0.15) is 18.3 Å². The number of ether oxygens (including phenoxy) is 2. The molecule has 0 spiro atoms. The molecule has 0 aromatic carbocycles. The number of hydrogen-bond acceptors (Lipinski definition) is 11. The zero-order chi connectivity index (χ0) is 19.8. The zero-order valence-electron chi connectivity index (χ0n) is 16.0. The summed E-state index contributed by atoms with van der Waals surface area (Å²) in [5.74, 6) is 0. The monoisotopic (exact) mass is 450 g/mol. The van der Waals surface area contributed by atoms with Crippen molar-refractivity contribution in [2.75, 3.05) is 13.2 Å². The normalized spacial score (nSPS) is 24.2. The smallest absolute Gasteiger partial charge is 0.790 e. The van der Waals surface area contributed by atoms with E-state index in [2.05, 4.69) is 19.5 Å². The third-order valence-electron chi connectivity index (χ3n) is 3.86. The van der Waals surface area contributed by atoms with Crippen LogP contribution in [0.2, 0.25) is 0 Å². The Labute approximate surface area is 208 Å². The van der Waals surface area contributed by atoms with Gasteiger partial charge >= 0.3 is 59.1 Å². The maximum absolute atomic E-state index is 12.1. The first-order chi connectivity index (χ1) is 12.7. The second kappa shape index (κ2) is 11.1. The van der Waals surface area contributed by atoms with Crippen LogP contribution >= 0.6 is 7.82 Å². The molecule has 4 atom stereocenters. The van der Waals surface area contributed by atoms with Gasteiger partial charge in [0.2, 0.25) is 0 Å². The molecule has 1 saturated heterocycles. The van der Waals surface area contributed by atoms with E-state index in [-0.39, 0.29) is 76.3 Å². The minimum Gasteiger partial charge on any atom is -0.790 e. The Morgan fingerprint density at radius 2 is 2.03 bits per heavy atom. The number of imidazole rings is 1. The van der Waals surface area contributed by atoms with Gasteiger partial charge in [-0.15, -0.1) is 0 Å². The number of hydrogen-bond donors (Lipinski definition) is 3. The predicted octanol–water partition coefficient (Wildman–Crippen LogP) is -8.62. The number of aliphatic hydroxyl groups is 2. The van der Waals surface area contributed by atoms with Crippen molar-refractivity contribution in [2.24, 2.45) is 0 Å². The molecule has 0 radical (unpaired) electrons. The van der Waals surface area contributed by atoms with Crippen LogP contribution in [0.15, 0.2) is 11.1 Å². The standard InChI is InChI=1S/C13H19N4O9P.2Na/c1-2-3-24-13-15-10-7(11(20)16-13)14-5-17(10)12-9(19)8(18)6(26-12)4-25-27(21,22)23;;/h5-6,8-9,12,18-19H,2-4H2,1H3,(H,15,16,20)(H2,21,22,23);;/q;2*+1/p-2/t6-,8-,9-,12-;;/m1../s1. The van der Waals surface area contributed by atoms with E-state index in [0.29, 0.717) is 13.0 Å². The van der Waals surface area contributed by atoms with Crippen molar-refractivity contribution in [3.63, 3.8) is 0 Å². The summed E-state index contributed by atoms with van der Waals surface area (Å²) in [4.78, 5) is 43.7. The quantitative estimate of drug-likeness (QED) is 0.268. The van der Waals surface area contributed by atoms with Crippen molar-refractivity contribution in [3.05, 3.63) is 16.7 Å². The summed E-state index contributed by atoms with van der Waals surface area (Å²) in [6.07, 6.45) is -3.75. The van der Waals surface area contributed by atoms with E-state index in [1.807, 2.05) is 6.92 Å². The van der Waals surface area contributed by atoms with Crippen molar-refractivity contribution in [1.29, 1.82) is 0 Å². The number of phosphoric acid groups is 1. The fraction of sp³-hybridized carbons (Fsp3) is 0.615. The summed E-state index contributed by atoms with van der Waals surface area (Å²) < 4.78 is 26.6. The molecule has 150 valence electrons. The van der Waals surface area contributed by atoms with Crippen molar-refractivity contribution in [3.8, 4) is 6.01 Å². The van der Waals surface area contributed by atoms with E-state index in [4.69, 9.17) is 9.47 Å². The van der Waals surface area contributed by atoms with Crippen molar-refractivity contribution < 1.29 is 97.7 Å². The molecule has 0 saturated carbocycles. The Morgan fingerprint density at radius 1 is 1.34 bits per heavy atom. The molecule has 29 heavy (non-hydrogen) atoms. The number of rotatable bonds is 7. The van der Waals surface area contributed by atoms with Gasteiger partial charge in [0.25, 0.3) is 11.6 Å². The Balaban J connectivity index is 0.00000210. The average molecular weight is 450 g/mol. The second-order valence-electron chi connectivity index (χ2n) is 5.83. The number of aliphatic hydroxyl groups excluding tert-OH is 2. The maximum atomic E-state index is 12.1. The fourth-order valence-corrected chi connectivity index (χ4v) is 2.95. The minimum atomic E-state index is -5.27. The van der Waals surface area contributed by atoms with Crippen LogP contribution in [0.3, 0.4) is 0 Å². The van der Waals surface area contributed by atoms with Crippen LogP contribution in [-0.4, -0.2) is 61.3 Å². The number of H-pyrrole nitrogens is 1. The summed E-state index contributed by atoms with van der Waals surface area (Å²) in [5, 5.41) is 20.2. The maximum Gasteiger partial charge on any atom is 1.00 e. The molecular weight excluding hydrogens is 433 g/mol. The first-order valence-corrected chi connectivity index (χ1v) is 9.45. The summed E-state index contributed by atoms with van der Waals surface area (Å²) in [5.41, 5.74) is -0.593. The molecule has 0 amide bonds. The Morgan fingerprint density at radius 3 is 2.66 bits per heavy atom.